The third-order valence-corrected chi connectivity index (χ3v) is 4.17. The van der Waals surface area contributed by atoms with E-state index in [1.807, 2.05) is 0 Å². The van der Waals surface area contributed by atoms with Crippen LogP contribution in [0.2, 0.25) is 0 Å². The zero-order valence-electron chi connectivity index (χ0n) is 11.9. The number of para-hydroxylation sites is 1. The number of methoxy groups -OCH3 is 1. The largest absolute Gasteiger partial charge is 0.496 e. The third-order valence-electron chi connectivity index (χ3n) is 4.17. The van der Waals surface area contributed by atoms with E-state index in [1.165, 1.54) is 37.9 Å². The number of hydrogen-bond acceptors (Lipinski definition) is 2. The van der Waals surface area contributed by atoms with Crippen molar-refractivity contribution in [1.82, 2.24) is 4.90 Å². The summed E-state index contributed by atoms with van der Waals surface area (Å²) in [5.41, 5.74) is 1.36. The van der Waals surface area contributed by atoms with Gasteiger partial charge in [-0.1, -0.05) is 38.5 Å². The quantitative estimate of drug-likeness (QED) is 0.783. The van der Waals surface area contributed by atoms with E-state index in [0.29, 0.717) is 12.0 Å². The smallest absolute Gasteiger partial charge is 0.123 e. The maximum absolute atomic E-state index is 5.55. The molecule has 2 unspecified atom stereocenters. The molecule has 1 saturated heterocycles. The summed E-state index contributed by atoms with van der Waals surface area (Å²) >= 11 is 0. The van der Waals surface area contributed by atoms with Crippen molar-refractivity contribution in [3.05, 3.63) is 29.8 Å². The first-order valence-corrected chi connectivity index (χ1v) is 7.15. The van der Waals surface area contributed by atoms with Crippen LogP contribution >= 0.6 is 0 Å². The molecule has 1 aliphatic rings. The maximum Gasteiger partial charge on any atom is 0.123 e. The molecule has 2 nitrogen and oxygen atoms in total. The van der Waals surface area contributed by atoms with Gasteiger partial charge in [0.05, 0.1) is 7.11 Å². The van der Waals surface area contributed by atoms with Gasteiger partial charge in [-0.25, -0.2) is 0 Å². The lowest BCUT2D eigenvalue weighted by Crippen LogP contribution is -2.30. The molecule has 2 atom stereocenters. The molecular weight excluding hydrogens is 222 g/mol. The van der Waals surface area contributed by atoms with Crippen molar-refractivity contribution in [1.29, 1.82) is 0 Å². The van der Waals surface area contributed by atoms with Gasteiger partial charge in [0.25, 0.3) is 0 Å². The molecule has 0 bridgehead atoms. The molecule has 2 heteroatoms. The van der Waals surface area contributed by atoms with Crippen LogP contribution in [0, 0.1) is 5.92 Å². The molecule has 1 aromatic carbocycles. The fourth-order valence-electron chi connectivity index (χ4n) is 3.02. The molecule has 0 radical (unpaired) electrons. The lowest BCUT2D eigenvalue weighted by Gasteiger charge is -2.33. The molecule has 0 N–H and O–H groups in total. The van der Waals surface area contributed by atoms with Crippen LogP contribution in [0.3, 0.4) is 0 Å². The van der Waals surface area contributed by atoms with Crippen molar-refractivity contribution in [3.63, 3.8) is 0 Å². The summed E-state index contributed by atoms with van der Waals surface area (Å²) in [4.78, 5) is 2.63. The van der Waals surface area contributed by atoms with Crippen LogP contribution in [0.25, 0.3) is 0 Å². The van der Waals surface area contributed by atoms with Crippen LogP contribution in [0.15, 0.2) is 24.3 Å². The summed E-state index contributed by atoms with van der Waals surface area (Å²) in [6, 6.07) is 9.01. The average Bonchev–Trinajstić information content (AvgIpc) is 2.93. The van der Waals surface area contributed by atoms with Gasteiger partial charge in [-0.05, 0) is 37.9 Å². The summed E-state index contributed by atoms with van der Waals surface area (Å²) in [5, 5.41) is 0. The van der Waals surface area contributed by atoms with E-state index >= 15 is 0 Å². The van der Waals surface area contributed by atoms with Gasteiger partial charge < -0.3 is 4.74 Å². The topological polar surface area (TPSA) is 12.5 Å². The Balaban J connectivity index is 2.32. The molecule has 1 aromatic rings. The summed E-state index contributed by atoms with van der Waals surface area (Å²) in [5.74, 6) is 1.70. The highest BCUT2D eigenvalue weighted by atomic mass is 16.5. The highest BCUT2D eigenvalue weighted by molar-refractivity contribution is 5.36. The fraction of sp³-hybridized carbons (Fsp3) is 0.625. The SMILES string of the molecule is CCC(C)C(c1ccccc1OC)N1CCCC1. The number of rotatable bonds is 5. The monoisotopic (exact) mass is 247 g/mol. The van der Waals surface area contributed by atoms with E-state index in [9.17, 15) is 0 Å². The fourth-order valence-corrected chi connectivity index (χ4v) is 3.02. The van der Waals surface area contributed by atoms with E-state index < -0.39 is 0 Å². The lowest BCUT2D eigenvalue weighted by atomic mass is 9.90. The molecule has 0 aromatic heterocycles. The molecule has 0 saturated carbocycles. The zero-order chi connectivity index (χ0) is 13.0. The van der Waals surface area contributed by atoms with Gasteiger partial charge in [-0.3, -0.25) is 4.90 Å². The predicted molar refractivity (Wildman–Crippen MR) is 76.0 cm³/mol. The molecule has 100 valence electrons. The summed E-state index contributed by atoms with van der Waals surface area (Å²) in [7, 11) is 1.77. The Hall–Kier alpha value is -1.02. The summed E-state index contributed by atoms with van der Waals surface area (Å²) < 4.78 is 5.55. The zero-order valence-corrected chi connectivity index (χ0v) is 11.9. The maximum atomic E-state index is 5.55. The molecule has 1 heterocycles. The van der Waals surface area contributed by atoms with Gasteiger partial charge in [0.2, 0.25) is 0 Å². The van der Waals surface area contributed by atoms with E-state index in [-0.39, 0.29) is 0 Å². The van der Waals surface area contributed by atoms with Crippen molar-refractivity contribution in [3.8, 4) is 5.75 Å². The Morgan fingerprint density at radius 1 is 1.22 bits per heavy atom. The second-order valence-electron chi connectivity index (χ2n) is 5.32. The molecule has 1 aliphatic heterocycles. The number of likely N-dealkylation sites (tertiary alicyclic amines) is 1. The van der Waals surface area contributed by atoms with Crippen molar-refractivity contribution in [2.75, 3.05) is 20.2 Å². The molecule has 18 heavy (non-hydrogen) atoms. The van der Waals surface area contributed by atoms with Gasteiger partial charge in [-0.15, -0.1) is 0 Å². The number of benzene rings is 1. The van der Waals surface area contributed by atoms with Gasteiger partial charge in [0.15, 0.2) is 0 Å². The van der Waals surface area contributed by atoms with Crippen molar-refractivity contribution in [2.24, 2.45) is 5.92 Å². The van der Waals surface area contributed by atoms with Gasteiger partial charge in [0, 0.05) is 11.6 Å². The molecule has 2 rings (SSSR count). The minimum absolute atomic E-state index is 0.508. The van der Waals surface area contributed by atoms with E-state index in [2.05, 4.69) is 43.0 Å². The highest BCUT2D eigenvalue weighted by Gasteiger charge is 2.29. The minimum atomic E-state index is 0.508. The van der Waals surface area contributed by atoms with Crippen LogP contribution in [-0.4, -0.2) is 25.1 Å². The summed E-state index contributed by atoms with van der Waals surface area (Å²) in [6.07, 6.45) is 3.88. The second-order valence-corrected chi connectivity index (χ2v) is 5.32. The average molecular weight is 247 g/mol. The number of ether oxygens (including phenoxy) is 1. The predicted octanol–water partition coefficient (Wildman–Crippen LogP) is 3.88. The van der Waals surface area contributed by atoms with Gasteiger partial charge >= 0.3 is 0 Å². The number of nitrogens with zero attached hydrogens (tertiary/aromatic N) is 1. The van der Waals surface area contributed by atoms with Crippen LogP contribution in [-0.2, 0) is 0 Å². The van der Waals surface area contributed by atoms with Crippen LogP contribution in [0.1, 0.15) is 44.7 Å². The Morgan fingerprint density at radius 2 is 1.89 bits per heavy atom. The van der Waals surface area contributed by atoms with Crippen LogP contribution < -0.4 is 4.74 Å². The van der Waals surface area contributed by atoms with Gasteiger partial charge in [0.1, 0.15) is 5.75 Å². The Labute approximate surface area is 111 Å². The molecule has 0 spiro atoms. The first-order valence-electron chi connectivity index (χ1n) is 7.15. The normalized spacial score (nSPS) is 19.7. The van der Waals surface area contributed by atoms with E-state index in [4.69, 9.17) is 4.74 Å². The number of hydrogen-bond donors (Lipinski definition) is 0. The second kappa shape index (κ2) is 6.24. The third kappa shape index (κ3) is 2.69. The van der Waals surface area contributed by atoms with Gasteiger partial charge in [-0.2, -0.15) is 0 Å². The summed E-state index contributed by atoms with van der Waals surface area (Å²) in [6.45, 7) is 7.10. The first kappa shape index (κ1) is 13.4. The van der Waals surface area contributed by atoms with Crippen molar-refractivity contribution < 1.29 is 4.74 Å². The van der Waals surface area contributed by atoms with E-state index in [0.717, 1.165) is 5.75 Å². The Bertz CT molecular complexity index is 371. The highest BCUT2D eigenvalue weighted by Crippen LogP contribution is 2.37. The van der Waals surface area contributed by atoms with Crippen LogP contribution in [0.5, 0.6) is 5.75 Å². The Morgan fingerprint density at radius 3 is 2.50 bits per heavy atom. The molecule has 0 aliphatic carbocycles. The minimum Gasteiger partial charge on any atom is -0.496 e. The molecule has 1 fully saturated rings. The molecule has 0 amide bonds. The first-order chi connectivity index (χ1) is 8.77. The standard InChI is InChI=1S/C16H25NO/c1-4-13(2)16(17-11-7-8-12-17)14-9-5-6-10-15(14)18-3/h5-6,9-10,13,16H,4,7-8,11-12H2,1-3H3. The van der Waals surface area contributed by atoms with Crippen LogP contribution in [0.4, 0.5) is 0 Å². The van der Waals surface area contributed by atoms with Crippen molar-refractivity contribution in [2.45, 2.75) is 39.2 Å². The Kier molecular flexibility index (Phi) is 4.65. The van der Waals surface area contributed by atoms with Crippen molar-refractivity contribution >= 4 is 0 Å². The molecular formula is C16H25NO. The lowest BCUT2D eigenvalue weighted by molar-refractivity contribution is 0.176. The van der Waals surface area contributed by atoms with E-state index in [1.54, 1.807) is 7.11 Å².